The summed E-state index contributed by atoms with van der Waals surface area (Å²) in [4.78, 5) is 18.6. The van der Waals surface area contributed by atoms with Gasteiger partial charge in [0.15, 0.2) is 0 Å². The summed E-state index contributed by atoms with van der Waals surface area (Å²) < 4.78 is 0. The summed E-state index contributed by atoms with van der Waals surface area (Å²) in [6, 6.07) is 0. The van der Waals surface area contributed by atoms with E-state index in [9.17, 15) is 4.79 Å². The number of nitrogens with one attached hydrogen (secondary N) is 1. The Bertz CT molecular complexity index is 339. The first-order valence-electron chi connectivity index (χ1n) is 5.52. The number of hydrogen-bond donors (Lipinski definition) is 1. The predicted octanol–water partition coefficient (Wildman–Crippen LogP) is 2.44. The van der Waals surface area contributed by atoms with Crippen molar-refractivity contribution in [1.29, 1.82) is 0 Å². The van der Waals surface area contributed by atoms with Crippen molar-refractivity contribution < 1.29 is 4.79 Å². The molecular weight excluding hydrogens is 188 g/mol. The maximum absolute atomic E-state index is 10.8. The molecule has 1 N–H and O–H groups in total. The number of aromatic amines is 1. The van der Waals surface area contributed by atoms with Crippen LogP contribution in [-0.2, 0) is 17.6 Å². The van der Waals surface area contributed by atoms with Crippen LogP contribution in [0.4, 0.5) is 0 Å². The van der Waals surface area contributed by atoms with Gasteiger partial charge in [-0.25, -0.2) is 4.98 Å². The van der Waals surface area contributed by atoms with E-state index in [1.54, 1.807) is 6.92 Å². The molecule has 0 bridgehead atoms. The number of aryl methyl sites for hydroxylation is 2. The highest BCUT2D eigenvalue weighted by atomic mass is 16.1. The molecule has 0 aliphatic carbocycles. The van der Waals surface area contributed by atoms with E-state index < -0.39 is 0 Å². The smallest absolute Gasteiger partial charge is 0.130 e. The van der Waals surface area contributed by atoms with Gasteiger partial charge in [0.2, 0.25) is 0 Å². The third-order valence-electron chi connectivity index (χ3n) is 2.35. The minimum absolute atomic E-state index is 0.217. The maximum atomic E-state index is 10.8. The molecule has 0 atom stereocenters. The molecule has 0 aliphatic rings. The molecule has 84 valence electrons. The number of rotatable bonds is 5. The third-order valence-corrected chi connectivity index (χ3v) is 2.35. The van der Waals surface area contributed by atoms with E-state index >= 15 is 0 Å². The highest BCUT2D eigenvalue weighted by molar-refractivity contribution is 5.75. The fourth-order valence-corrected chi connectivity index (χ4v) is 1.56. The second-order valence-electron chi connectivity index (χ2n) is 4.56. The zero-order chi connectivity index (χ0) is 11.4. The molecule has 1 rings (SSSR count). The third kappa shape index (κ3) is 3.86. The largest absolute Gasteiger partial charge is 0.346 e. The van der Waals surface area contributed by atoms with Gasteiger partial charge in [0.05, 0.1) is 5.69 Å². The van der Waals surface area contributed by atoms with E-state index in [4.69, 9.17) is 0 Å². The molecule has 0 unspecified atom stereocenters. The number of imidazole rings is 1. The molecule has 0 fully saturated rings. The highest BCUT2D eigenvalue weighted by Gasteiger charge is 2.08. The fraction of sp³-hybridized carbons (Fsp3) is 0.667. The number of Topliss-reactive ketones (excluding diaryl/α,β-unsaturated/α-hetero) is 1. The van der Waals surface area contributed by atoms with Gasteiger partial charge < -0.3 is 9.78 Å². The lowest BCUT2D eigenvalue weighted by molar-refractivity contribution is -0.117. The van der Waals surface area contributed by atoms with Gasteiger partial charge in [-0.05, 0) is 26.2 Å². The summed E-state index contributed by atoms with van der Waals surface area (Å²) in [5, 5.41) is 0. The average Bonchev–Trinajstić information content (AvgIpc) is 2.43. The number of ketones is 1. The average molecular weight is 208 g/mol. The summed E-state index contributed by atoms with van der Waals surface area (Å²) in [5.74, 6) is 1.78. The Morgan fingerprint density at radius 3 is 2.67 bits per heavy atom. The molecule has 0 saturated carbocycles. The van der Waals surface area contributed by atoms with Crippen molar-refractivity contribution in [2.24, 2.45) is 5.92 Å². The molecular formula is C12H20N2O. The van der Waals surface area contributed by atoms with E-state index in [1.807, 2.05) is 6.92 Å². The van der Waals surface area contributed by atoms with Crippen molar-refractivity contribution in [2.45, 2.75) is 47.0 Å². The topological polar surface area (TPSA) is 45.8 Å². The van der Waals surface area contributed by atoms with Gasteiger partial charge in [0.25, 0.3) is 0 Å². The zero-order valence-corrected chi connectivity index (χ0v) is 10.1. The van der Waals surface area contributed by atoms with Gasteiger partial charge in [0, 0.05) is 18.5 Å². The van der Waals surface area contributed by atoms with Crippen molar-refractivity contribution in [3.8, 4) is 0 Å². The molecule has 1 heterocycles. The van der Waals surface area contributed by atoms with Crippen LogP contribution in [0.2, 0.25) is 0 Å². The Labute approximate surface area is 91.3 Å². The van der Waals surface area contributed by atoms with E-state index in [-0.39, 0.29) is 5.78 Å². The van der Waals surface area contributed by atoms with Crippen LogP contribution in [0.25, 0.3) is 0 Å². The second-order valence-corrected chi connectivity index (χ2v) is 4.56. The van der Waals surface area contributed by atoms with Gasteiger partial charge in [-0.2, -0.15) is 0 Å². The highest BCUT2D eigenvalue weighted by Crippen LogP contribution is 2.11. The number of hydrogen-bond acceptors (Lipinski definition) is 2. The molecule has 15 heavy (non-hydrogen) atoms. The predicted molar refractivity (Wildman–Crippen MR) is 60.9 cm³/mol. The van der Waals surface area contributed by atoms with Crippen LogP contribution in [0.15, 0.2) is 0 Å². The van der Waals surface area contributed by atoms with E-state index in [2.05, 4.69) is 23.8 Å². The standard InChI is InChI=1S/C12H20N2O/c1-8(2)7-11-10(4)13-12(14-11)6-5-9(3)15/h8H,5-7H2,1-4H3,(H,13,14). The number of H-pyrrole nitrogens is 1. The quantitative estimate of drug-likeness (QED) is 0.807. The van der Waals surface area contributed by atoms with E-state index in [0.717, 1.165) is 30.1 Å². The van der Waals surface area contributed by atoms with E-state index in [0.29, 0.717) is 12.3 Å². The molecule has 1 aromatic rings. The molecule has 0 aliphatic heterocycles. The van der Waals surface area contributed by atoms with Crippen molar-refractivity contribution in [3.05, 3.63) is 17.2 Å². The summed E-state index contributed by atoms with van der Waals surface area (Å²) in [7, 11) is 0. The Balaban J connectivity index is 2.64. The molecule has 0 aromatic carbocycles. The van der Waals surface area contributed by atoms with Crippen molar-refractivity contribution in [2.75, 3.05) is 0 Å². The van der Waals surface area contributed by atoms with Gasteiger partial charge >= 0.3 is 0 Å². The lowest BCUT2D eigenvalue weighted by Gasteiger charge is -2.00. The zero-order valence-electron chi connectivity index (χ0n) is 10.1. The normalized spacial score (nSPS) is 11.0. The van der Waals surface area contributed by atoms with Crippen LogP contribution in [0, 0.1) is 12.8 Å². The van der Waals surface area contributed by atoms with Gasteiger partial charge in [-0.3, -0.25) is 0 Å². The van der Waals surface area contributed by atoms with Crippen LogP contribution >= 0.6 is 0 Å². The molecule has 0 amide bonds. The summed E-state index contributed by atoms with van der Waals surface area (Å²) in [6.45, 7) is 8.03. The molecule has 0 radical (unpaired) electrons. The van der Waals surface area contributed by atoms with Crippen LogP contribution in [0.5, 0.6) is 0 Å². The van der Waals surface area contributed by atoms with Crippen molar-refractivity contribution in [3.63, 3.8) is 0 Å². The fourth-order valence-electron chi connectivity index (χ4n) is 1.56. The minimum atomic E-state index is 0.217. The summed E-state index contributed by atoms with van der Waals surface area (Å²) in [6.07, 6.45) is 2.31. The number of nitrogens with zero attached hydrogens (tertiary/aromatic N) is 1. The lowest BCUT2D eigenvalue weighted by Crippen LogP contribution is -1.97. The number of carbonyl (C=O) groups excluding carboxylic acids is 1. The number of aromatic nitrogens is 2. The van der Waals surface area contributed by atoms with Crippen molar-refractivity contribution >= 4 is 5.78 Å². The van der Waals surface area contributed by atoms with Crippen LogP contribution in [0.3, 0.4) is 0 Å². The second kappa shape index (κ2) is 5.10. The van der Waals surface area contributed by atoms with Crippen LogP contribution in [-0.4, -0.2) is 15.8 Å². The van der Waals surface area contributed by atoms with Crippen molar-refractivity contribution in [1.82, 2.24) is 9.97 Å². The molecule has 0 saturated heterocycles. The number of carbonyl (C=O) groups is 1. The Hall–Kier alpha value is -1.12. The minimum Gasteiger partial charge on any atom is -0.346 e. The summed E-state index contributed by atoms with van der Waals surface area (Å²) in [5.41, 5.74) is 2.28. The first-order valence-corrected chi connectivity index (χ1v) is 5.52. The lowest BCUT2D eigenvalue weighted by atomic mass is 10.1. The molecule has 3 heteroatoms. The van der Waals surface area contributed by atoms with Crippen LogP contribution in [0.1, 0.15) is 44.4 Å². The van der Waals surface area contributed by atoms with Crippen LogP contribution < -0.4 is 0 Å². The maximum Gasteiger partial charge on any atom is 0.130 e. The monoisotopic (exact) mass is 208 g/mol. The Morgan fingerprint density at radius 2 is 2.13 bits per heavy atom. The Kier molecular flexibility index (Phi) is 4.06. The molecule has 3 nitrogen and oxygen atoms in total. The molecule has 0 spiro atoms. The molecule has 1 aromatic heterocycles. The van der Waals surface area contributed by atoms with E-state index in [1.165, 1.54) is 0 Å². The Morgan fingerprint density at radius 1 is 1.47 bits per heavy atom. The SMILES string of the molecule is CC(=O)CCc1nc(CC(C)C)c(C)[nH]1. The van der Waals surface area contributed by atoms with Gasteiger partial charge in [-0.1, -0.05) is 13.8 Å². The first kappa shape index (κ1) is 12.0. The van der Waals surface area contributed by atoms with Gasteiger partial charge in [-0.15, -0.1) is 0 Å². The van der Waals surface area contributed by atoms with Gasteiger partial charge in [0.1, 0.15) is 11.6 Å². The first-order chi connectivity index (χ1) is 6.99. The summed E-state index contributed by atoms with van der Waals surface area (Å²) >= 11 is 0.